The molecule has 2 amide bonds. The van der Waals surface area contributed by atoms with Crippen molar-refractivity contribution in [1.29, 1.82) is 0 Å². The minimum Gasteiger partial charge on any atom is -0.325 e. The highest BCUT2D eigenvalue weighted by atomic mass is 35.5. The topological polar surface area (TPSA) is 49.4 Å². The van der Waals surface area contributed by atoms with Gasteiger partial charge in [0.2, 0.25) is 11.8 Å². The van der Waals surface area contributed by atoms with Crippen LogP contribution in [0.5, 0.6) is 0 Å². The molecular formula is C18H15ClF2N2O2S. The highest BCUT2D eigenvalue weighted by Crippen LogP contribution is 2.34. The number of rotatable bonds is 5. The van der Waals surface area contributed by atoms with Gasteiger partial charge >= 0.3 is 0 Å². The van der Waals surface area contributed by atoms with Gasteiger partial charge in [0.05, 0.1) is 22.3 Å². The fourth-order valence-electron chi connectivity index (χ4n) is 2.79. The Balaban J connectivity index is 1.72. The lowest BCUT2D eigenvalue weighted by molar-refractivity contribution is -0.122. The molecule has 0 radical (unpaired) electrons. The monoisotopic (exact) mass is 396 g/mol. The molecule has 0 aromatic heterocycles. The second-order valence-electron chi connectivity index (χ2n) is 5.72. The smallest absolute Gasteiger partial charge is 0.288 e. The van der Waals surface area contributed by atoms with Crippen molar-refractivity contribution in [2.24, 2.45) is 5.92 Å². The van der Waals surface area contributed by atoms with E-state index in [0.29, 0.717) is 28.2 Å². The van der Waals surface area contributed by atoms with Crippen molar-refractivity contribution < 1.29 is 18.4 Å². The Kier molecular flexibility index (Phi) is 5.78. The van der Waals surface area contributed by atoms with Gasteiger partial charge in [-0.1, -0.05) is 47.6 Å². The first-order chi connectivity index (χ1) is 12.5. The Bertz CT molecular complexity index is 834. The summed E-state index contributed by atoms with van der Waals surface area (Å²) in [5.41, 5.74) is 0.870. The molecule has 0 aliphatic carbocycles. The van der Waals surface area contributed by atoms with Crippen LogP contribution in [0.3, 0.4) is 0 Å². The van der Waals surface area contributed by atoms with Gasteiger partial charge in [-0.2, -0.15) is 8.78 Å². The molecule has 2 aromatic rings. The number of nitrogens with zero attached hydrogens (tertiary/aromatic N) is 1. The molecule has 0 bridgehead atoms. The molecule has 2 aromatic carbocycles. The Hall–Kier alpha value is -2.12. The number of hydrogen-bond acceptors (Lipinski definition) is 3. The summed E-state index contributed by atoms with van der Waals surface area (Å²) in [6.45, 7) is 0.193. The van der Waals surface area contributed by atoms with Gasteiger partial charge in [-0.15, -0.1) is 0 Å². The zero-order valence-corrected chi connectivity index (χ0v) is 15.1. The van der Waals surface area contributed by atoms with Crippen molar-refractivity contribution in [3.05, 3.63) is 53.6 Å². The van der Waals surface area contributed by atoms with Crippen LogP contribution in [0.4, 0.5) is 20.2 Å². The van der Waals surface area contributed by atoms with Crippen molar-refractivity contribution in [3.63, 3.8) is 0 Å². The minimum atomic E-state index is -2.59. The number of carbonyl (C=O) groups excluding carboxylic acids is 2. The van der Waals surface area contributed by atoms with E-state index in [4.69, 9.17) is 11.6 Å². The molecule has 1 saturated heterocycles. The molecule has 4 nitrogen and oxygen atoms in total. The van der Waals surface area contributed by atoms with E-state index in [1.807, 2.05) is 0 Å². The standard InChI is InChI=1S/C18H15ClF2N2O2S/c19-12-5-1-3-7-14(12)23-10-11(9-16(23)24)17(25)22-13-6-2-4-8-15(13)26-18(20)21/h1-8,11,18H,9-10H2,(H,22,25). The Morgan fingerprint density at radius 1 is 1.19 bits per heavy atom. The summed E-state index contributed by atoms with van der Waals surface area (Å²) < 4.78 is 25.3. The number of nitrogens with one attached hydrogen (secondary N) is 1. The summed E-state index contributed by atoms with van der Waals surface area (Å²) in [6.07, 6.45) is 0.0429. The number of para-hydroxylation sites is 2. The van der Waals surface area contributed by atoms with Crippen LogP contribution in [0, 0.1) is 5.92 Å². The van der Waals surface area contributed by atoms with E-state index in [9.17, 15) is 18.4 Å². The zero-order valence-electron chi connectivity index (χ0n) is 13.5. The molecule has 1 unspecified atom stereocenters. The molecule has 136 valence electrons. The first-order valence-corrected chi connectivity index (χ1v) is 9.11. The van der Waals surface area contributed by atoms with Crippen LogP contribution in [0.2, 0.25) is 5.02 Å². The number of amides is 2. The van der Waals surface area contributed by atoms with Gasteiger partial charge in [0.1, 0.15) is 0 Å². The number of thioether (sulfide) groups is 1. The lowest BCUT2D eigenvalue weighted by Crippen LogP contribution is -2.28. The summed E-state index contributed by atoms with van der Waals surface area (Å²) in [4.78, 5) is 26.6. The number of hydrogen-bond donors (Lipinski definition) is 1. The number of anilines is 2. The third kappa shape index (κ3) is 4.16. The maximum Gasteiger partial charge on any atom is 0.288 e. The van der Waals surface area contributed by atoms with E-state index in [1.54, 1.807) is 42.5 Å². The molecule has 1 N–H and O–H groups in total. The predicted molar refractivity (Wildman–Crippen MR) is 98.8 cm³/mol. The lowest BCUT2D eigenvalue weighted by Gasteiger charge is -2.18. The van der Waals surface area contributed by atoms with E-state index in [2.05, 4.69) is 5.32 Å². The average Bonchev–Trinajstić information content (AvgIpc) is 2.98. The number of benzene rings is 2. The molecule has 0 saturated carbocycles. The number of halogens is 3. The van der Waals surface area contributed by atoms with Gasteiger partial charge in [0.15, 0.2) is 0 Å². The van der Waals surface area contributed by atoms with E-state index < -0.39 is 11.7 Å². The first-order valence-electron chi connectivity index (χ1n) is 7.85. The maximum atomic E-state index is 12.7. The molecule has 1 heterocycles. The normalized spacial score (nSPS) is 17.0. The summed E-state index contributed by atoms with van der Waals surface area (Å²) >= 11 is 6.49. The van der Waals surface area contributed by atoms with Gasteiger partial charge < -0.3 is 10.2 Å². The SMILES string of the molecule is O=C(Nc1ccccc1SC(F)F)C1CC(=O)N(c2ccccc2Cl)C1. The molecule has 1 aliphatic rings. The van der Waals surface area contributed by atoms with Gasteiger partial charge in [0.25, 0.3) is 5.76 Å². The Labute approximate surface area is 158 Å². The molecule has 3 rings (SSSR count). The number of alkyl halides is 2. The van der Waals surface area contributed by atoms with Crippen molar-refractivity contribution in [3.8, 4) is 0 Å². The summed E-state index contributed by atoms with van der Waals surface area (Å²) in [5, 5.41) is 3.09. The fraction of sp³-hybridized carbons (Fsp3) is 0.222. The van der Waals surface area contributed by atoms with Crippen LogP contribution < -0.4 is 10.2 Å². The highest BCUT2D eigenvalue weighted by Gasteiger charge is 2.36. The van der Waals surface area contributed by atoms with Crippen molar-refractivity contribution in [2.45, 2.75) is 17.1 Å². The summed E-state index contributed by atoms with van der Waals surface area (Å²) in [7, 11) is 0. The summed E-state index contributed by atoms with van der Waals surface area (Å²) in [6, 6.07) is 13.3. The first kappa shape index (κ1) is 18.7. The van der Waals surface area contributed by atoms with E-state index in [0.717, 1.165) is 0 Å². The second-order valence-corrected chi connectivity index (χ2v) is 7.16. The minimum absolute atomic E-state index is 0.0429. The van der Waals surface area contributed by atoms with E-state index in [1.165, 1.54) is 11.0 Å². The van der Waals surface area contributed by atoms with E-state index >= 15 is 0 Å². The number of carbonyl (C=O) groups is 2. The van der Waals surface area contributed by atoms with Crippen LogP contribution in [-0.4, -0.2) is 24.1 Å². The average molecular weight is 397 g/mol. The van der Waals surface area contributed by atoms with Crippen LogP contribution in [0.15, 0.2) is 53.4 Å². The molecule has 1 aliphatic heterocycles. The third-order valence-corrected chi connectivity index (χ3v) is 5.11. The van der Waals surface area contributed by atoms with Crippen LogP contribution in [-0.2, 0) is 9.59 Å². The van der Waals surface area contributed by atoms with Crippen LogP contribution in [0.1, 0.15) is 6.42 Å². The van der Waals surface area contributed by atoms with Gasteiger partial charge in [-0.3, -0.25) is 9.59 Å². The highest BCUT2D eigenvalue weighted by molar-refractivity contribution is 7.99. The van der Waals surface area contributed by atoms with Gasteiger partial charge in [-0.05, 0) is 24.3 Å². The van der Waals surface area contributed by atoms with Gasteiger partial charge in [0, 0.05) is 17.9 Å². The van der Waals surface area contributed by atoms with Crippen molar-refractivity contribution in [2.75, 3.05) is 16.8 Å². The molecule has 8 heteroatoms. The quantitative estimate of drug-likeness (QED) is 0.748. The molecule has 1 atom stereocenters. The predicted octanol–water partition coefficient (Wildman–Crippen LogP) is 4.65. The fourth-order valence-corrected chi connectivity index (χ4v) is 3.62. The zero-order chi connectivity index (χ0) is 18.7. The largest absolute Gasteiger partial charge is 0.325 e. The van der Waals surface area contributed by atoms with Gasteiger partial charge in [-0.25, -0.2) is 0 Å². The third-order valence-electron chi connectivity index (χ3n) is 4.00. The van der Waals surface area contributed by atoms with E-state index in [-0.39, 0.29) is 29.7 Å². The lowest BCUT2D eigenvalue weighted by atomic mass is 10.1. The molecular weight excluding hydrogens is 382 g/mol. The van der Waals surface area contributed by atoms with Crippen molar-refractivity contribution >= 4 is 46.6 Å². The summed E-state index contributed by atoms with van der Waals surface area (Å²) in [5.74, 6) is -3.75. The molecule has 26 heavy (non-hydrogen) atoms. The Morgan fingerprint density at radius 3 is 2.62 bits per heavy atom. The molecule has 1 fully saturated rings. The Morgan fingerprint density at radius 2 is 1.88 bits per heavy atom. The second kappa shape index (κ2) is 8.05. The van der Waals surface area contributed by atoms with Crippen molar-refractivity contribution in [1.82, 2.24) is 0 Å². The molecule has 0 spiro atoms. The maximum absolute atomic E-state index is 12.7. The van der Waals surface area contributed by atoms with Crippen LogP contribution in [0.25, 0.3) is 0 Å². The van der Waals surface area contributed by atoms with Crippen LogP contribution >= 0.6 is 23.4 Å².